The van der Waals surface area contributed by atoms with E-state index in [1.54, 1.807) is 17.0 Å². The van der Waals surface area contributed by atoms with Gasteiger partial charge in [0.15, 0.2) is 0 Å². The molecule has 16 heavy (non-hydrogen) atoms. The van der Waals surface area contributed by atoms with Crippen LogP contribution in [0, 0.1) is 0 Å². The molecule has 0 bridgehead atoms. The Morgan fingerprint density at radius 3 is 2.75 bits per heavy atom. The summed E-state index contributed by atoms with van der Waals surface area (Å²) >= 11 is 0. The van der Waals surface area contributed by atoms with Crippen LogP contribution in [-0.2, 0) is 23.6 Å². The lowest BCUT2D eigenvalue weighted by atomic mass is 10.5. The smallest absolute Gasteiger partial charge is 0.214 e. The SMILES string of the molecule is CN(Cc1nccn1C)S(=O)(=O)CCCO. The molecule has 1 N–H and O–H groups in total. The monoisotopic (exact) mass is 247 g/mol. The van der Waals surface area contributed by atoms with E-state index in [0.717, 1.165) is 0 Å². The van der Waals surface area contributed by atoms with Crippen molar-refractivity contribution in [1.29, 1.82) is 0 Å². The Bertz CT molecular complexity index is 427. The molecule has 0 aromatic carbocycles. The van der Waals surface area contributed by atoms with E-state index >= 15 is 0 Å². The van der Waals surface area contributed by atoms with Gasteiger partial charge in [0.25, 0.3) is 0 Å². The van der Waals surface area contributed by atoms with E-state index in [4.69, 9.17) is 5.11 Å². The zero-order chi connectivity index (χ0) is 12.2. The summed E-state index contributed by atoms with van der Waals surface area (Å²) < 4.78 is 26.4. The first-order chi connectivity index (χ1) is 7.47. The van der Waals surface area contributed by atoms with Gasteiger partial charge in [0.2, 0.25) is 10.0 Å². The average Bonchev–Trinajstić information content (AvgIpc) is 2.61. The first-order valence-electron chi connectivity index (χ1n) is 4.98. The summed E-state index contributed by atoms with van der Waals surface area (Å²) in [7, 11) is 0.0360. The van der Waals surface area contributed by atoms with Crippen molar-refractivity contribution in [1.82, 2.24) is 13.9 Å². The second kappa shape index (κ2) is 5.42. The summed E-state index contributed by atoms with van der Waals surface area (Å²) in [5, 5.41) is 8.61. The van der Waals surface area contributed by atoms with E-state index in [2.05, 4.69) is 4.98 Å². The molecule has 92 valence electrons. The van der Waals surface area contributed by atoms with E-state index in [9.17, 15) is 8.42 Å². The van der Waals surface area contributed by atoms with Gasteiger partial charge in [-0.25, -0.2) is 13.4 Å². The maximum absolute atomic E-state index is 11.7. The van der Waals surface area contributed by atoms with Gasteiger partial charge in [-0.3, -0.25) is 0 Å². The maximum atomic E-state index is 11.7. The normalized spacial score (nSPS) is 12.2. The van der Waals surface area contributed by atoms with Crippen LogP contribution in [0.25, 0.3) is 0 Å². The van der Waals surface area contributed by atoms with Crippen molar-refractivity contribution in [2.45, 2.75) is 13.0 Å². The molecule has 0 fully saturated rings. The van der Waals surface area contributed by atoms with Crippen LogP contribution >= 0.6 is 0 Å². The van der Waals surface area contributed by atoms with Crippen LogP contribution in [-0.4, -0.2) is 46.8 Å². The summed E-state index contributed by atoms with van der Waals surface area (Å²) in [4.78, 5) is 4.06. The fraction of sp³-hybridized carbons (Fsp3) is 0.667. The van der Waals surface area contributed by atoms with Crippen LogP contribution in [0.5, 0.6) is 0 Å². The molecule has 1 rings (SSSR count). The molecule has 0 atom stereocenters. The van der Waals surface area contributed by atoms with Gasteiger partial charge in [-0.15, -0.1) is 0 Å². The van der Waals surface area contributed by atoms with Crippen LogP contribution in [0.3, 0.4) is 0 Å². The van der Waals surface area contributed by atoms with Gasteiger partial charge in [0.05, 0.1) is 12.3 Å². The molecule has 0 aliphatic rings. The molecule has 1 heterocycles. The van der Waals surface area contributed by atoms with Crippen LogP contribution in [0.2, 0.25) is 0 Å². The summed E-state index contributed by atoms with van der Waals surface area (Å²) in [5.74, 6) is 0.653. The van der Waals surface area contributed by atoms with Gasteiger partial charge >= 0.3 is 0 Å². The number of hydrogen-bond acceptors (Lipinski definition) is 4. The molecule has 0 amide bonds. The Labute approximate surface area is 95.6 Å². The third-order valence-electron chi connectivity index (χ3n) is 2.32. The second-order valence-corrected chi connectivity index (χ2v) is 5.80. The van der Waals surface area contributed by atoms with Crippen LogP contribution in [0.1, 0.15) is 12.2 Å². The Balaban J connectivity index is 2.65. The lowest BCUT2D eigenvalue weighted by molar-refractivity contribution is 0.294. The Morgan fingerprint density at radius 1 is 1.56 bits per heavy atom. The minimum absolute atomic E-state index is 0.0373. The number of imidazole rings is 1. The van der Waals surface area contributed by atoms with E-state index in [1.807, 2.05) is 7.05 Å². The van der Waals surface area contributed by atoms with Crippen molar-refractivity contribution in [2.75, 3.05) is 19.4 Å². The number of sulfonamides is 1. The summed E-state index contributed by atoms with van der Waals surface area (Å²) in [5.41, 5.74) is 0. The molecule has 1 aromatic rings. The fourth-order valence-electron chi connectivity index (χ4n) is 1.25. The largest absolute Gasteiger partial charge is 0.396 e. The number of aryl methyl sites for hydroxylation is 1. The molecule has 0 spiro atoms. The summed E-state index contributed by atoms with van der Waals surface area (Å²) in [6.07, 6.45) is 3.65. The molecule has 0 saturated carbocycles. The van der Waals surface area contributed by atoms with Crippen molar-refractivity contribution in [3.63, 3.8) is 0 Å². The maximum Gasteiger partial charge on any atom is 0.214 e. The molecule has 1 aromatic heterocycles. The summed E-state index contributed by atoms with van der Waals surface area (Å²) in [6.45, 7) is 0.132. The number of aliphatic hydroxyl groups excluding tert-OH is 1. The van der Waals surface area contributed by atoms with E-state index < -0.39 is 10.0 Å². The Morgan fingerprint density at radius 2 is 2.25 bits per heavy atom. The highest BCUT2D eigenvalue weighted by molar-refractivity contribution is 7.89. The lowest BCUT2D eigenvalue weighted by Crippen LogP contribution is -2.30. The number of hydrogen-bond donors (Lipinski definition) is 1. The third-order valence-corrected chi connectivity index (χ3v) is 4.20. The van der Waals surface area contributed by atoms with Gasteiger partial charge in [-0.05, 0) is 6.42 Å². The van der Waals surface area contributed by atoms with E-state index in [1.165, 1.54) is 11.4 Å². The topological polar surface area (TPSA) is 75.4 Å². The quantitative estimate of drug-likeness (QED) is 0.739. The van der Waals surface area contributed by atoms with Crippen molar-refractivity contribution in [3.8, 4) is 0 Å². The van der Waals surface area contributed by atoms with Crippen LogP contribution in [0.4, 0.5) is 0 Å². The minimum atomic E-state index is -3.30. The molecule has 0 aliphatic carbocycles. The van der Waals surface area contributed by atoms with Gasteiger partial charge in [-0.1, -0.05) is 0 Å². The highest BCUT2D eigenvalue weighted by Crippen LogP contribution is 2.06. The highest BCUT2D eigenvalue weighted by atomic mass is 32.2. The van der Waals surface area contributed by atoms with Gasteiger partial charge < -0.3 is 9.67 Å². The van der Waals surface area contributed by atoms with Gasteiger partial charge in [0.1, 0.15) is 5.82 Å². The number of rotatable bonds is 6. The zero-order valence-corrected chi connectivity index (χ0v) is 10.3. The van der Waals surface area contributed by atoms with Crippen molar-refractivity contribution in [3.05, 3.63) is 18.2 Å². The predicted octanol–water partition coefficient (Wildman–Crippen LogP) is -0.436. The van der Waals surface area contributed by atoms with Crippen molar-refractivity contribution in [2.24, 2.45) is 7.05 Å². The van der Waals surface area contributed by atoms with Crippen molar-refractivity contribution < 1.29 is 13.5 Å². The number of aromatic nitrogens is 2. The third kappa shape index (κ3) is 3.29. The molecule has 0 radical (unpaired) electrons. The average molecular weight is 247 g/mol. The van der Waals surface area contributed by atoms with E-state index in [-0.39, 0.29) is 25.3 Å². The molecular weight excluding hydrogens is 230 g/mol. The standard InChI is InChI=1S/C9H17N3O3S/c1-11-5-4-10-9(11)8-12(2)16(14,15)7-3-6-13/h4-5,13H,3,6-8H2,1-2H3. The van der Waals surface area contributed by atoms with Gasteiger partial charge in [-0.2, -0.15) is 4.31 Å². The van der Waals surface area contributed by atoms with Gasteiger partial charge in [0, 0.05) is 33.1 Å². The molecule has 0 aliphatic heterocycles. The number of aliphatic hydroxyl groups is 1. The summed E-state index contributed by atoms with van der Waals surface area (Å²) in [6, 6.07) is 0. The molecule has 0 unspecified atom stereocenters. The molecular formula is C9H17N3O3S. The number of nitrogens with zero attached hydrogens (tertiary/aromatic N) is 3. The highest BCUT2D eigenvalue weighted by Gasteiger charge is 2.18. The Hall–Kier alpha value is -0.920. The Kier molecular flexibility index (Phi) is 4.45. The minimum Gasteiger partial charge on any atom is -0.396 e. The molecule has 7 heteroatoms. The fourth-order valence-corrected chi connectivity index (χ4v) is 2.37. The first-order valence-corrected chi connectivity index (χ1v) is 6.59. The van der Waals surface area contributed by atoms with E-state index in [0.29, 0.717) is 5.82 Å². The zero-order valence-electron chi connectivity index (χ0n) is 9.50. The van der Waals surface area contributed by atoms with Crippen molar-refractivity contribution >= 4 is 10.0 Å². The molecule has 6 nitrogen and oxygen atoms in total. The molecule has 0 saturated heterocycles. The first kappa shape index (κ1) is 13.1. The van der Waals surface area contributed by atoms with Crippen LogP contribution < -0.4 is 0 Å². The lowest BCUT2D eigenvalue weighted by Gasteiger charge is -2.16. The second-order valence-electron chi connectivity index (χ2n) is 3.60. The predicted molar refractivity (Wildman–Crippen MR) is 60.2 cm³/mol. The van der Waals surface area contributed by atoms with Crippen LogP contribution in [0.15, 0.2) is 12.4 Å².